The van der Waals surface area contributed by atoms with Crippen molar-refractivity contribution >= 4 is 34.0 Å². The maximum absolute atomic E-state index is 12.8. The molecule has 2 amide bonds. The van der Waals surface area contributed by atoms with Crippen molar-refractivity contribution in [1.29, 1.82) is 0 Å². The maximum atomic E-state index is 12.8. The highest BCUT2D eigenvalue weighted by Gasteiger charge is 2.29. The molecule has 30 heavy (non-hydrogen) atoms. The summed E-state index contributed by atoms with van der Waals surface area (Å²) in [7, 11) is 0. The number of nitrogens with zero attached hydrogens (tertiary/aromatic N) is 2. The number of fused-ring (bicyclic) bond motifs is 1. The minimum atomic E-state index is -0.385. The van der Waals surface area contributed by atoms with Crippen molar-refractivity contribution in [1.82, 2.24) is 4.98 Å². The molecule has 0 atom stereocenters. The molecule has 148 valence electrons. The van der Waals surface area contributed by atoms with Gasteiger partial charge in [-0.25, -0.2) is 4.98 Å². The van der Waals surface area contributed by atoms with Crippen LogP contribution in [0.2, 0.25) is 0 Å². The largest absolute Gasteiger partial charge is 0.459 e. The second kappa shape index (κ2) is 7.61. The van der Waals surface area contributed by atoms with Gasteiger partial charge < -0.3 is 9.32 Å². The molecular formula is C23H17N3O3S. The molecule has 3 heterocycles. The van der Waals surface area contributed by atoms with Gasteiger partial charge in [0.2, 0.25) is 5.91 Å². The average molecular weight is 415 g/mol. The van der Waals surface area contributed by atoms with Gasteiger partial charge in [-0.05, 0) is 23.3 Å². The summed E-state index contributed by atoms with van der Waals surface area (Å²) in [6, 6.07) is 19.3. The van der Waals surface area contributed by atoms with Crippen molar-refractivity contribution in [3.8, 4) is 10.4 Å². The number of hydrogen-bond donors (Lipinski definition) is 1. The van der Waals surface area contributed by atoms with Gasteiger partial charge in [0.1, 0.15) is 0 Å². The van der Waals surface area contributed by atoms with Crippen LogP contribution in [0, 0.1) is 0 Å². The van der Waals surface area contributed by atoms with Crippen LogP contribution >= 0.6 is 11.3 Å². The molecule has 0 fully saturated rings. The maximum Gasteiger partial charge on any atom is 0.293 e. The standard InChI is InChI=1S/C23H17N3O3S/c27-20-12-16-8-4-5-9-18(16)26(20)14-17-10-11-29-21(17)22(28)25-23-24-13-19(30-23)15-6-2-1-3-7-15/h1-11,13H,12,14H2,(H,24,25,28). The Morgan fingerprint density at radius 2 is 1.90 bits per heavy atom. The summed E-state index contributed by atoms with van der Waals surface area (Å²) < 4.78 is 5.45. The molecule has 1 aliphatic heterocycles. The summed E-state index contributed by atoms with van der Waals surface area (Å²) in [5, 5.41) is 3.29. The van der Waals surface area contributed by atoms with Crippen molar-refractivity contribution in [2.24, 2.45) is 0 Å². The van der Waals surface area contributed by atoms with Gasteiger partial charge in [0.25, 0.3) is 5.91 Å². The zero-order chi connectivity index (χ0) is 20.5. The third kappa shape index (κ3) is 3.40. The van der Waals surface area contributed by atoms with E-state index in [2.05, 4.69) is 10.3 Å². The van der Waals surface area contributed by atoms with E-state index < -0.39 is 0 Å². The lowest BCUT2D eigenvalue weighted by atomic mass is 10.1. The molecule has 5 rings (SSSR count). The van der Waals surface area contributed by atoms with Crippen LogP contribution < -0.4 is 10.2 Å². The lowest BCUT2D eigenvalue weighted by Gasteiger charge is -2.17. The number of hydrogen-bond acceptors (Lipinski definition) is 5. The Bertz CT molecular complexity index is 1230. The first-order valence-corrected chi connectivity index (χ1v) is 10.3. The van der Waals surface area contributed by atoms with E-state index in [0.29, 0.717) is 17.1 Å². The van der Waals surface area contributed by atoms with Crippen molar-refractivity contribution in [3.63, 3.8) is 0 Å². The fourth-order valence-corrected chi connectivity index (χ4v) is 4.36. The summed E-state index contributed by atoms with van der Waals surface area (Å²) in [5.74, 6) is -0.191. The smallest absolute Gasteiger partial charge is 0.293 e. The van der Waals surface area contributed by atoms with Crippen LogP contribution in [-0.4, -0.2) is 16.8 Å². The average Bonchev–Trinajstić information content (AvgIpc) is 3.49. The highest BCUT2D eigenvalue weighted by atomic mass is 32.1. The zero-order valence-electron chi connectivity index (χ0n) is 15.9. The van der Waals surface area contributed by atoms with E-state index in [9.17, 15) is 9.59 Å². The van der Waals surface area contributed by atoms with Crippen LogP contribution in [0.15, 0.2) is 77.5 Å². The van der Waals surface area contributed by atoms with Crippen molar-refractivity contribution in [2.45, 2.75) is 13.0 Å². The van der Waals surface area contributed by atoms with Crippen LogP contribution in [0.1, 0.15) is 21.7 Å². The monoisotopic (exact) mass is 415 g/mol. The second-order valence-electron chi connectivity index (χ2n) is 6.91. The summed E-state index contributed by atoms with van der Waals surface area (Å²) in [4.78, 5) is 32.2. The molecule has 1 aliphatic rings. The Balaban J connectivity index is 1.33. The van der Waals surface area contributed by atoms with Gasteiger partial charge >= 0.3 is 0 Å². The number of rotatable bonds is 5. The van der Waals surface area contributed by atoms with E-state index in [0.717, 1.165) is 21.7 Å². The van der Waals surface area contributed by atoms with E-state index in [1.165, 1.54) is 17.6 Å². The van der Waals surface area contributed by atoms with Crippen LogP contribution in [0.25, 0.3) is 10.4 Å². The molecule has 1 N–H and O–H groups in total. The van der Waals surface area contributed by atoms with E-state index in [-0.39, 0.29) is 24.1 Å². The Kier molecular flexibility index (Phi) is 4.65. The molecule has 0 unspecified atom stereocenters. The first-order valence-electron chi connectivity index (χ1n) is 9.46. The van der Waals surface area contributed by atoms with Crippen LogP contribution in [0.3, 0.4) is 0 Å². The normalized spacial score (nSPS) is 12.8. The lowest BCUT2D eigenvalue weighted by molar-refractivity contribution is -0.117. The summed E-state index contributed by atoms with van der Waals surface area (Å²) in [5.41, 5.74) is 3.56. The number of anilines is 2. The second-order valence-corrected chi connectivity index (χ2v) is 7.94. The molecule has 0 saturated heterocycles. The molecule has 6 nitrogen and oxygen atoms in total. The number of carbonyl (C=O) groups is 2. The van der Waals surface area contributed by atoms with E-state index in [4.69, 9.17) is 4.42 Å². The molecule has 2 aromatic carbocycles. The van der Waals surface area contributed by atoms with E-state index in [1.807, 2.05) is 54.6 Å². The van der Waals surface area contributed by atoms with Gasteiger partial charge in [-0.15, -0.1) is 0 Å². The molecule has 0 bridgehead atoms. The molecule has 4 aromatic rings. The van der Waals surface area contributed by atoms with Gasteiger partial charge in [0.15, 0.2) is 10.9 Å². The van der Waals surface area contributed by atoms with Gasteiger partial charge in [0, 0.05) is 17.4 Å². The number of aromatic nitrogens is 1. The molecule has 7 heteroatoms. The lowest BCUT2D eigenvalue weighted by Crippen LogP contribution is -2.27. The number of furan rings is 1. The zero-order valence-corrected chi connectivity index (χ0v) is 16.7. The van der Waals surface area contributed by atoms with Gasteiger partial charge in [-0.1, -0.05) is 59.9 Å². The first-order chi connectivity index (χ1) is 14.7. The molecule has 0 spiro atoms. The summed E-state index contributed by atoms with van der Waals surface area (Å²) in [6.07, 6.45) is 3.57. The SMILES string of the molecule is O=C(Nc1ncc(-c2ccccc2)s1)c1occc1CN1C(=O)Cc2ccccc21. The van der Waals surface area contributed by atoms with E-state index in [1.54, 1.807) is 17.2 Å². The highest BCUT2D eigenvalue weighted by Crippen LogP contribution is 2.32. The number of carbonyl (C=O) groups excluding carboxylic acids is 2. The van der Waals surface area contributed by atoms with Gasteiger partial charge in [-0.2, -0.15) is 0 Å². The highest BCUT2D eigenvalue weighted by molar-refractivity contribution is 7.19. The van der Waals surface area contributed by atoms with E-state index >= 15 is 0 Å². The number of benzene rings is 2. The van der Waals surface area contributed by atoms with Crippen LogP contribution in [0.5, 0.6) is 0 Å². The van der Waals surface area contributed by atoms with Crippen molar-refractivity contribution < 1.29 is 14.0 Å². The quantitative estimate of drug-likeness (QED) is 0.511. The van der Waals surface area contributed by atoms with Crippen molar-refractivity contribution in [3.05, 3.63) is 90.0 Å². The Hall–Kier alpha value is -3.71. The fourth-order valence-electron chi connectivity index (χ4n) is 3.54. The molecule has 0 aliphatic carbocycles. The number of para-hydroxylation sites is 1. The first kappa shape index (κ1) is 18.3. The number of thiazole rings is 1. The number of amides is 2. The summed E-state index contributed by atoms with van der Waals surface area (Å²) in [6.45, 7) is 0.280. The minimum Gasteiger partial charge on any atom is -0.459 e. The summed E-state index contributed by atoms with van der Waals surface area (Å²) >= 11 is 1.39. The Morgan fingerprint density at radius 1 is 1.10 bits per heavy atom. The number of nitrogens with one attached hydrogen (secondary N) is 1. The Morgan fingerprint density at radius 3 is 2.77 bits per heavy atom. The predicted molar refractivity (Wildman–Crippen MR) is 116 cm³/mol. The van der Waals surface area contributed by atoms with Crippen molar-refractivity contribution in [2.75, 3.05) is 10.2 Å². The third-order valence-corrected chi connectivity index (χ3v) is 5.95. The van der Waals surface area contributed by atoms with Crippen LogP contribution in [-0.2, 0) is 17.8 Å². The Labute approximate surface area is 176 Å². The van der Waals surface area contributed by atoms with Crippen LogP contribution in [0.4, 0.5) is 10.8 Å². The third-order valence-electron chi connectivity index (χ3n) is 4.99. The minimum absolute atomic E-state index is 0.0104. The molecule has 2 aromatic heterocycles. The fraction of sp³-hybridized carbons (Fsp3) is 0.0870. The molecule has 0 radical (unpaired) electrons. The molecule has 0 saturated carbocycles. The van der Waals surface area contributed by atoms with Gasteiger partial charge in [-0.3, -0.25) is 14.9 Å². The predicted octanol–water partition coefficient (Wildman–Crippen LogP) is 4.74. The molecular weight excluding hydrogens is 398 g/mol. The topological polar surface area (TPSA) is 75.4 Å². The van der Waals surface area contributed by atoms with Gasteiger partial charge in [0.05, 0.1) is 24.1 Å².